The standard InChI is InChI=1S/C30H32N4O2S/c1-19-24(29(36)34(33-19)22-13-9-6-10-14-22)18-31-28-26(27(35)32-21-11-7-5-8-12-21)23-16-15-20(30(2,3)4)17-25(23)37-28/h5-14,18,20,24H,15-17H2,1-4H3,(H,32,35)/t20-,24-/m0/s1. The van der Waals surface area contributed by atoms with E-state index in [1.807, 2.05) is 67.6 Å². The van der Waals surface area contributed by atoms with E-state index in [2.05, 4.69) is 31.2 Å². The number of aliphatic imine (C=N–C) groups is 1. The van der Waals surface area contributed by atoms with E-state index in [1.165, 1.54) is 9.89 Å². The van der Waals surface area contributed by atoms with Gasteiger partial charge in [0, 0.05) is 16.8 Å². The summed E-state index contributed by atoms with van der Waals surface area (Å²) in [6.07, 6.45) is 4.49. The molecule has 1 aliphatic carbocycles. The van der Waals surface area contributed by atoms with Crippen molar-refractivity contribution in [2.75, 3.05) is 10.3 Å². The smallest absolute Gasteiger partial charge is 0.261 e. The number of hydrogen-bond acceptors (Lipinski definition) is 5. The van der Waals surface area contributed by atoms with Crippen molar-refractivity contribution in [1.82, 2.24) is 0 Å². The van der Waals surface area contributed by atoms with Gasteiger partial charge in [0.15, 0.2) is 0 Å². The Morgan fingerprint density at radius 1 is 1.11 bits per heavy atom. The van der Waals surface area contributed by atoms with Gasteiger partial charge in [-0.25, -0.2) is 4.99 Å². The highest BCUT2D eigenvalue weighted by Gasteiger charge is 2.35. The molecule has 1 aromatic heterocycles. The highest BCUT2D eigenvalue weighted by atomic mass is 32.1. The lowest BCUT2D eigenvalue weighted by molar-refractivity contribution is -0.118. The van der Waals surface area contributed by atoms with Crippen LogP contribution in [0.2, 0.25) is 0 Å². The van der Waals surface area contributed by atoms with Gasteiger partial charge in [0.1, 0.15) is 10.9 Å². The molecule has 2 aliphatic rings. The number of amides is 2. The SMILES string of the molecule is CC1=NN(c2ccccc2)C(=O)[C@H]1C=Nc1sc2c(c1C(=O)Nc1ccccc1)CC[C@H](C(C)(C)C)C2. The molecule has 2 heterocycles. The van der Waals surface area contributed by atoms with Crippen molar-refractivity contribution in [3.63, 3.8) is 0 Å². The maximum Gasteiger partial charge on any atom is 0.261 e. The minimum Gasteiger partial charge on any atom is -0.322 e. The summed E-state index contributed by atoms with van der Waals surface area (Å²) in [5, 5.41) is 9.62. The molecule has 190 valence electrons. The van der Waals surface area contributed by atoms with Crippen LogP contribution in [0.4, 0.5) is 16.4 Å². The molecule has 0 spiro atoms. The van der Waals surface area contributed by atoms with Crippen molar-refractivity contribution in [2.45, 2.75) is 47.0 Å². The highest BCUT2D eigenvalue weighted by molar-refractivity contribution is 7.16. The molecule has 5 rings (SSSR count). The zero-order valence-corrected chi connectivity index (χ0v) is 22.5. The second-order valence-electron chi connectivity index (χ2n) is 10.8. The fourth-order valence-electron chi connectivity index (χ4n) is 5.00. The summed E-state index contributed by atoms with van der Waals surface area (Å²) in [5.74, 6) is -0.312. The van der Waals surface area contributed by atoms with E-state index in [9.17, 15) is 9.59 Å². The molecule has 2 amide bonds. The molecular formula is C30H32N4O2S. The number of thiophene rings is 1. The number of hydrogen-bond donors (Lipinski definition) is 1. The Bertz CT molecular complexity index is 1370. The van der Waals surface area contributed by atoms with Crippen molar-refractivity contribution in [3.8, 4) is 0 Å². The van der Waals surface area contributed by atoms with Crippen LogP contribution < -0.4 is 10.3 Å². The summed E-state index contributed by atoms with van der Waals surface area (Å²) in [5.41, 5.74) is 4.08. The van der Waals surface area contributed by atoms with Gasteiger partial charge in [0.05, 0.1) is 17.0 Å². The third-order valence-corrected chi connectivity index (χ3v) is 8.42. The van der Waals surface area contributed by atoms with Gasteiger partial charge in [-0.05, 0) is 67.3 Å². The lowest BCUT2D eigenvalue weighted by Gasteiger charge is -2.33. The van der Waals surface area contributed by atoms with Gasteiger partial charge >= 0.3 is 0 Å². The summed E-state index contributed by atoms with van der Waals surface area (Å²) in [7, 11) is 0. The van der Waals surface area contributed by atoms with Crippen molar-refractivity contribution < 1.29 is 9.59 Å². The van der Waals surface area contributed by atoms with Crippen LogP contribution in [0.5, 0.6) is 0 Å². The van der Waals surface area contributed by atoms with E-state index >= 15 is 0 Å². The molecule has 1 aliphatic heterocycles. The van der Waals surface area contributed by atoms with Gasteiger partial charge in [-0.1, -0.05) is 57.2 Å². The average Bonchev–Trinajstić information content (AvgIpc) is 3.39. The Hall–Kier alpha value is -3.58. The molecule has 1 N–H and O–H groups in total. The Kier molecular flexibility index (Phi) is 6.82. The van der Waals surface area contributed by atoms with E-state index in [0.717, 1.165) is 36.2 Å². The van der Waals surface area contributed by atoms with Crippen LogP contribution >= 0.6 is 11.3 Å². The topological polar surface area (TPSA) is 74.1 Å². The molecule has 37 heavy (non-hydrogen) atoms. The van der Waals surface area contributed by atoms with Gasteiger partial charge in [-0.2, -0.15) is 10.1 Å². The van der Waals surface area contributed by atoms with Gasteiger partial charge in [0.2, 0.25) is 0 Å². The first kappa shape index (κ1) is 25.1. The number of nitrogens with one attached hydrogen (secondary N) is 1. The number of benzene rings is 2. The van der Waals surface area contributed by atoms with Crippen LogP contribution in [0.3, 0.4) is 0 Å². The fourth-order valence-corrected chi connectivity index (χ4v) is 6.28. The van der Waals surface area contributed by atoms with Crippen LogP contribution in [0.25, 0.3) is 0 Å². The first-order valence-corrected chi connectivity index (χ1v) is 13.5. The summed E-state index contributed by atoms with van der Waals surface area (Å²) < 4.78 is 0. The molecule has 0 unspecified atom stereocenters. The van der Waals surface area contributed by atoms with Crippen molar-refractivity contribution in [3.05, 3.63) is 76.7 Å². The zero-order valence-electron chi connectivity index (χ0n) is 21.7. The van der Waals surface area contributed by atoms with Crippen LogP contribution in [-0.4, -0.2) is 23.7 Å². The third kappa shape index (κ3) is 5.14. The van der Waals surface area contributed by atoms with E-state index < -0.39 is 5.92 Å². The molecule has 2 atom stereocenters. The molecule has 0 saturated heterocycles. The zero-order chi connectivity index (χ0) is 26.2. The second-order valence-corrected chi connectivity index (χ2v) is 11.9. The molecular weight excluding hydrogens is 480 g/mol. The number of hydrazone groups is 1. The molecule has 0 bridgehead atoms. The van der Waals surface area contributed by atoms with E-state index in [4.69, 9.17) is 4.99 Å². The molecule has 6 nitrogen and oxygen atoms in total. The van der Waals surface area contributed by atoms with Gasteiger partial charge in [-0.3, -0.25) is 9.59 Å². The maximum absolute atomic E-state index is 13.5. The predicted octanol–water partition coefficient (Wildman–Crippen LogP) is 6.89. The predicted molar refractivity (Wildman–Crippen MR) is 152 cm³/mol. The van der Waals surface area contributed by atoms with Crippen LogP contribution in [0.1, 0.15) is 54.9 Å². The highest BCUT2D eigenvalue weighted by Crippen LogP contribution is 2.45. The number of nitrogens with zero attached hydrogens (tertiary/aromatic N) is 3. The van der Waals surface area contributed by atoms with Gasteiger partial charge in [0.25, 0.3) is 11.8 Å². The monoisotopic (exact) mass is 512 g/mol. The summed E-state index contributed by atoms with van der Waals surface area (Å²) >= 11 is 1.58. The van der Waals surface area contributed by atoms with E-state index in [1.54, 1.807) is 17.6 Å². The first-order valence-electron chi connectivity index (χ1n) is 12.7. The lowest BCUT2D eigenvalue weighted by atomic mass is 9.72. The maximum atomic E-state index is 13.5. The Labute approximate surface area is 222 Å². The number of rotatable bonds is 5. The normalized spacial score (nSPS) is 19.7. The fraction of sp³-hybridized carbons (Fsp3) is 0.333. The number of carbonyl (C=O) groups excluding carboxylic acids is 2. The van der Waals surface area contributed by atoms with Gasteiger partial charge in [-0.15, -0.1) is 11.3 Å². The van der Waals surface area contributed by atoms with E-state index in [-0.39, 0.29) is 17.2 Å². The first-order chi connectivity index (χ1) is 17.7. The number of fused-ring (bicyclic) bond motifs is 1. The average molecular weight is 513 g/mol. The van der Waals surface area contributed by atoms with Crippen molar-refractivity contribution in [1.29, 1.82) is 0 Å². The van der Waals surface area contributed by atoms with Crippen LogP contribution in [0, 0.1) is 17.3 Å². The number of para-hydroxylation sites is 2. The van der Waals surface area contributed by atoms with Crippen molar-refractivity contribution >= 4 is 51.5 Å². The minimum atomic E-state index is -0.563. The van der Waals surface area contributed by atoms with E-state index in [0.29, 0.717) is 22.2 Å². The third-order valence-electron chi connectivity index (χ3n) is 7.25. The Balaban J connectivity index is 1.46. The second kappa shape index (κ2) is 10.1. The van der Waals surface area contributed by atoms with Gasteiger partial charge < -0.3 is 5.32 Å². The van der Waals surface area contributed by atoms with Crippen LogP contribution in [0.15, 0.2) is 70.8 Å². The molecule has 3 aromatic rings. The lowest BCUT2D eigenvalue weighted by Crippen LogP contribution is -2.27. The Morgan fingerprint density at radius 3 is 2.46 bits per heavy atom. The molecule has 0 saturated carbocycles. The summed E-state index contributed by atoms with van der Waals surface area (Å²) in [4.78, 5) is 32.7. The van der Waals surface area contributed by atoms with Crippen LogP contribution in [-0.2, 0) is 17.6 Å². The molecule has 0 fully saturated rings. The Morgan fingerprint density at radius 2 is 1.78 bits per heavy atom. The van der Waals surface area contributed by atoms with Crippen molar-refractivity contribution in [2.24, 2.45) is 27.3 Å². The minimum absolute atomic E-state index is 0.142. The summed E-state index contributed by atoms with van der Waals surface area (Å²) in [6, 6.07) is 18.9. The number of carbonyl (C=O) groups is 2. The quantitative estimate of drug-likeness (QED) is 0.378. The molecule has 0 radical (unpaired) electrons. The molecule has 2 aromatic carbocycles. The largest absolute Gasteiger partial charge is 0.322 e. The summed E-state index contributed by atoms with van der Waals surface area (Å²) in [6.45, 7) is 8.69. The number of anilines is 2. The molecule has 7 heteroatoms.